The van der Waals surface area contributed by atoms with Gasteiger partial charge in [-0.1, -0.05) is 0 Å². The molecule has 0 bridgehead atoms. The summed E-state index contributed by atoms with van der Waals surface area (Å²) >= 11 is 0. The molecule has 0 unspecified atom stereocenters. The van der Waals surface area contributed by atoms with Gasteiger partial charge in [-0.05, 0) is 26.3 Å². The van der Waals surface area contributed by atoms with E-state index in [0.29, 0.717) is 13.2 Å². The van der Waals surface area contributed by atoms with Crippen molar-refractivity contribution in [1.82, 2.24) is 15.1 Å². The number of hydrogen-bond donors (Lipinski definition) is 1. The fourth-order valence-corrected chi connectivity index (χ4v) is 1.43. The largest absolute Gasteiger partial charge is 0.385 e. The van der Waals surface area contributed by atoms with Crippen LogP contribution >= 0.6 is 0 Å². The predicted molar refractivity (Wildman–Crippen MR) is 67.7 cm³/mol. The summed E-state index contributed by atoms with van der Waals surface area (Å²) in [5.74, 6) is -0.277. The Labute approximate surface area is 106 Å². The molecule has 6 nitrogen and oxygen atoms in total. The van der Waals surface area contributed by atoms with Gasteiger partial charge in [0.2, 0.25) is 0 Å². The molecule has 18 heavy (non-hydrogen) atoms. The Morgan fingerprint density at radius 1 is 1.50 bits per heavy atom. The van der Waals surface area contributed by atoms with E-state index in [9.17, 15) is 9.59 Å². The summed E-state index contributed by atoms with van der Waals surface area (Å²) in [5.41, 5.74) is 0.0432. The number of carbonyl (C=O) groups excluding carboxylic acids is 1. The van der Waals surface area contributed by atoms with Crippen LogP contribution in [0.25, 0.3) is 0 Å². The van der Waals surface area contributed by atoms with Crippen LogP contribution in [0.2, 0.25) is 0 Å². The Bertz CT molecular complexity index is 454. The summed E-state index contributed by atoms with van der Waals surface area (Å²) < 4.78 is 6.18. The third-order valence-electron chi connectivity index (χ3n) is 2.36. The Balaban J connectivity index is 2.69. The van der Waals surface area contributed by atoms with Crippen molar-refractivity contribution in [3.05, 3.63) is 28.2 Å². The van der Waals surface area contributed by atoms with Crippen LogP contribution in [0.1, 0.15) is 36.8 Å². The Morgan fingerprint density at radius 2 is 2.22 bits per heavy atom. The number of aromatic nitrogens is 2. The average molecular weight is 253 g/mol. The van der Waals surface area contributed by atoms with E-state index in [2.05, 4.69) is 10.4 Å². The minimum absolute atomic E-state index is 0.0706. The van der Waals surface area contributed by atoms with E-state index >= 15 is 0 Å². The summed E-state index contributed by atoms with van der Waals surface area (Å²) in [7, 11) is 1.61. The van der Waals surface area contributed by atoms with Crippen molar-refractivity contribution in [1.29, 1.82) is 0 Å². The fraction of sp³-hybridized carbons (Fsp3) is 0.583. The zero-order chi connectivity index (χ0) is 13.5. The van der Waals surface area contributed by atoms with Gasteiger partial charge in [-0.3, -0.25) is 9.59 Å². The number of rotatable bonds is 6. The predicted octanol–water partition coefficient (Wildman–Crippen LogP) is 0.590. The summed E-state index contributed by atoms with van der Waals surface area (Å²) in [4.78, 5) is 23.3. The highest BCUT2D eigenvalue weighted by Gasteiger charge is 2.10. The van der Waals surface area contributed by atoms with Gasteiger partial charge in [0.1, 0.15) is 5.69 Å². The minimum Gasteiger partial charge on any atom is -0.385 e. The highest BCUT2D eigenvalue weighted by Crippen LogP contribution is 1.98. The lowest BCUT2D eigenvalue weighted by atomic mass is 10.3. The van der Waals surface area contributed by atoms with Gasteiger partial charge in [-0.25, -0.2) is 4.68 Å². The number of nitrogens with zero attached hydrogens (tertiary/aromatic N) is 2. The van der Waals surface area contributed by atoms with Gasteiger partial charge in [-0.15, -0.1) is 0 Å². The second-order valence-corrected chi connectivity index (χ2v) is 4.20. The van der Waals surface area contributed by atoms with Gasteiger partial charge in [0.15, 0.2) is 0 Å². The molecule has 0 aliphatic rings. The van der Waals surface area contributed by atoms with Crippen LogP contribution in [0.4, 0.5) is 0 Å². The molecule has 100 valence electrons. The van der Waals surface area contributed by atoms with Crippen molar-refractivity contribution in [2.45, 2.75) is 26.3 Å². The Morgan fingerprint density at radius 3 is 2.83 bits per heavy atom. The van der Waals surface area contributed by atoms with Gasteiger partial charge in [0, 0.05) is 26.3 Å². The van der Waals surface area contributed by atoms with Crippen molar-refractivity contribution in [2.75, 3.05) is 20.3 Å². The van der Waals surface area contributed by atoms with E-state index < -0.39 is 0 Å². The van der Waals surface area contributed by atoms with Crippen molar-refractivity contribution in [3.8, 4) is 0 Å². The van der Waals surface area contributed by atoms with E-state index in [4.69, 9.17) is 4.74 Å². The smallest absolute Gasteiger partial charge is 0.271 e. The molecule has 1 aromatic heterocycles. The monoisotopic (exact) mass is 253 g/mol. The maximum atomic E-state index is 11.8. The van der Waals surface area contributed by atoms with Crippen LogP contribution in [0.3, 0.4) is 0 Å². The second-order valence-electron chi connectivity index (χ2n) is 4.20. The number of methoxy groups -OCH3 is 1. The summed E-state index contributed by atoms with van der Waals surface area (Å²) in [6.45, 7) is 4.80. The molecule has 1 rings (SSSR count). The third kappa shape index (κ3) is 3.96. The molecule has 0 radical (unpaired) electrons. The van der Waals surface area contributed by atoms with Crippen LogP contribution in [-0.4, -0.2) is 35.9 Å². The first-order valence-corrected chi connectivity index (χ1v) is 5.93. The first-order chi connectivity index (χ1) is 8.56. The third-order valence-corrected chi connectivity index (χ3v) is 2.36. The van der Waals surface area contributed by atoms with E-state index in [1.54, 1.807) is 7.11 Å². The molecular weight excluding hydrogens is 234 g/mol. The number of hydrogen-bond acceptors (Lipinski definition) is 4. The van der Waals surface area contributed by atoms with E-state index in [-0.39, 0.29) is 23.2 Å². The molecule has 0 saturated heterocycles. The molecule has 1 N–H and O–H groups in total. The molecule has 0 aliphatic carbocycles. The van der Waals surface area contributed by atoms with Gasteiger partial charge >= 0.3 is 0 Å². The number of amides is 1. The molecule has 0 aliphatic heterocycles. The summed E-state index contributed by atoms with van der Waals surface area (Å²) in [5, 5.41) is 6.75. The quantitative estimate of drug-likeness (QED) is 0.753. The topological polar surface area (TPSA) is 73.2 Å². The summed E-state index contributed by atoms with van der Waals surface area (Å²) in [6.07, 6.45) is 0.742. The lowest BCUT2D eigenvalue weighted by Gasteiger charge is -2.10. The van der Waals surface area contributed by atoms with Gasteiger partial charge < -0.3 is 10.1 Å². The Kier molecular flexibility index (Phi) is 5.51. The first kappa shape index (κ1) is 14.4. The molecule has 1 amide bonds. The zero-order valence-electron chi connectivity index (χ0n) is 11.0. The fourth-order valence-electron chi connectivity index (χ4n) is 1.43. The molecule has 6 heteroatoms. The van der Waals surface area contributed by atoms with Gasteiger partial charge in [0.05, 0.1) is 6.04 Å². The van der Waals surface area contributed by atoms with Crippen molar-refractivity contribution >= 4 is 5.91 Å². The Hall–Kier alpha value is -1.69. The molecular formula is C12H19N3O3. The van der Waals surface area contributed by atoms with Crippen LogP contribution in [-0.2, 0) is 4.74 Å². The van der Waals surface area contributed by atoms with Crippen LogP contribution < -0.4 is 10.9 Å². The van der Waals surface area contributed by atoms with Crippen molar-refractivity contribution in [3.63, 3.8) is 0 Å². The maximum Gasteiger partial charge on any atom is 0.271 e. The summed E-state index contributed by atoms with van der Waals surface area (Å²) in [6, 6.07) is 2.72. The molecule has 1 aromatic rings. The van der Waals surface area contributed by atoms with Gasteiger partial charge in [0.25, 0.3) is 11.5 Å². The molecule has 1 heterocycles. The molecule has 0 fully saturated rings. The van der Waals surface area contributed by atoms with Crippen LogP contribution in [0.15, 0.2) is 16.9 Å². The van der Waals surface area contributed by atoms with Crippen molar-refractivity contribution < 1.29 is 9.53 Å². The standard InChI is InChI=1S/C12H19N3O3/c1-9(2)15-11(16)6-5-10(14-15)12(17)13-7-4-8-18-3/h5-6,9H,4,7-8H2,1-3H3,(H,13,17). The molecule has 0 atom stereocenters. The number of nitrogens with one attached hydrogen (secondary N) is 1. The highest BCUT2D eigenvalue weighted by atomic mass is 16.5. The van der Waals surface area contributed by atoms with Crippen LogP contribution in [0, 0.1) is 0 Å². The zero-order valence-corrected chi connectivity index (χ0v) is 11.0. The number of carbonyl (C=O) groups is 1. The minimum atomic E-state index is -0.277. The van der Waals surface area contributed by atoms with E-state index in [1.165, 1.54) is 16.8 Å². The lowest BCUT2D eigenvalue weighted by molar-refractivity contribution is 0.0940. The first-order valence-electron chi connectivity index (χ1n) is 5.93. The average Bonchev–Trinajstić information content (AvgIpc) is 2.34. The van der Waals surface area contributed by atoms with Gasteiger partial charge in [-0.2, -0.15) is 5.10 Å². The second kappa shape index (κ2) is 6.90. The number of ether oxygens (including phenoxy) is 1. The molecule has 0 saturated carbocycles. The molecule has 0 aromatic carbocycles. The van der Waals surface area contributed by atoms with E-state index in [1.807, 2.05) is 13.8 Å². The molecule has 0 spiro atoms. The maximum absolute atomic E-state index is 11.8. The highest BCUT2D eigenvalue weighted by molar-refractivity contribution is 5.91. The SMILES string of the molecule is COCCCNC(=O)c1ccc(=O)n(C(C)C)n1. The van der Waals surface area contributed by atoms with Crippen molar-refractivity contribution in [2.24, 2.45) is 0 Å². The lowest BCUT2D eigenvalue weighted by Crippen LogP contribution is -2.31. The van der Waals surface area contributed by atoms with E-state index in [0.717, 1.165) is 6.42 Å². The normalized spacial score (nSPS) is 10.7. The van der Waals surface area contributed by atoms with Crippen LogP contribution in [0.5, 0.6) is 0 Å².